The van der Waals surface area contributed by atoms with Gasteiger partial charge in [-0.15, -0.1) is 0 Å². The summed E-state index contributed by atoms with van der Waals surface area (Å²) in [6.45, 7) is 1.98. The Balaban J connectivity index is 2.76. The largest absolute Gasteiger partial charge is 0.395 e. The summed E-state index contributed by atoms with van der Waals surface area (Å²) in [5.74, 6) is 0. The molecule has 0 aromatic carbocycles. The lowest BCUT2D eigenvalue weighted by Crippen LogP contribution is -2.39. The van der Waals surface area contributed by atoms with Crippen LogP contribution in [0.5, 0.6) is 0 Å². The molecule has 0 amide bonds. The van der Waals surface area contributed by atoms with Crippen LogP contribution in [-0.4, -0.2) is 46.7 Å². The number of nitrogens with one attached hydrogen (secondary N) is 1. The molecule has 0 saturated carbocycles. The Kier molecular flexibility index (Phi) is 5.63. The fourth-order valence-electron chi connectivity index (χ4n) is 1.31. The number of nitrogens with two attached hydrogens (primary N) is 1. The smallest absolute Gasteiger partial charge is 0.251 e. The summed E-state index contributed by atoms with van der Waals surface area (Å²) in [6, 6.07) is 1.09. The first-order valence-electron chi connectivity index (χ1n) is 5.16. The Hall–Kier alpha value is -0.890. The average Bonchev–Trinajstić information content (AvgIpc) is 2.24. The molecule has 2 atom stereocenters. The van der Waals surface area contributed by atoms with Crippen molar-refractivity contribution in [1.29, 1.82) is 0 Å². The van der Waals surface area contributed by atoms with Crippen molar-refractivity contribution in [2.45, 2.75) is 23.4 Å². The monoisotopic (exact) mass is 259 g/mol. The number of aryl methyl sites for hydroxylation is 1. The van der Waals surface area contributed by atoms with E-state index in [0.29, 0.717) is 17.5 Å². The summed E-state index contributed by atoms with van der Waals surface area (Å²) >= 11 is 1.24. The summed E-state index contributed by atoms with van der Waals surface area (Å²) < 4.78 is 4.93. The number of aromatic nitrogens is 2. The van der Waals surface area contributed by atoms with Crippen molar-refractivity contribution in [1.82, 2.24) is 9.97 Å². The van der Waals surface area contributed by atoms with Gasteiger partial charge in [0.25, 0.3) is 5.56 Å². The molecule has 17 heavy (non-hydrogen) atoms. The minimum absolute atomic E-state index is 0.104. The first-order valence-corrected chi connectivity index (χ1v) is 6.04. The van der Waals surface area contributed by atoms with E-state index in [1.165, 1.54) is 17.8 Å². The molecular formula is C10H17N3O3S. The summed E-state index contributed by atoms with van der Waals surface area (Å²) in [6.07, 6.45) is 0. The van der Waals surface area contributed by atoms with E-state index in [4.69, 9.17) is 10.5 Å². The van der Waals surface area contributed by atoms with E-state index in [1.54, 1.807) is 14.0 Å². The van der Waals surface area contributed by atoms with Gasteiger partial charge in [0.05, 0.1) is 18.5 Å². The fourth-order valence-corrected chi connectivity index (χ4v) is 2.28. The number of H-pyrrole nitrogens is 1. The molecule has 0 aliphatic heterocycles. The van der Waals surface area contributed by atoms with Crippen LogP contribution in [0.2, 0.25) is 0 Å². The van der Waals surface area contributed by atoms with Gasteiger partial charge in [-0.05, 0) is 6.92 Å². The van der Waals surface area contributed by atoms with Gasteiger partial charge in [-0.1, -0.05) is 11.8 Å². The number of ether oxygens (including phenoxy) is 1. The third kappa shape index (κ3) is 4.47. The maximum atomic E-state index is 11.2. The number of methoxy groups -OCH3 is 1. The number of aliphatic hydroxyl groups excluding tert-OH is 1. The lowest BCUT2D eigenvalue weighted by molar-refractivity contribution is 0.167. The van der Waals surface area contributed by atoms with Crippen molar-refractivity contribution in [3.8, 4) is 0 Å². The summed E-state index contributed by atoms with van der Waals surface area (Å²) in [5, 5.41) is 9.44. The standard InChI is InChI=1S/C10H17N3O3S/c1-6-3-9(15)13-10(12-6)17-8(4-14)7(11)5-16-2/h3,7-8,14H,4-5,11H2,1-2H3,(H,12,13,15). The number of aliphatic hydroxyl groups is 1. The minimum Gasteiger partial charge on any atom is -0.395 e. The van der Waals surface area contributed by atoms with E-state index in [9.17, 15) is 9.90 Å². The zero-order valence-electron chi connectivity index (χ0n) is 9.84. The van der Waals surface area contributed by atoms with E-state index in [2.05, 4.69) is 9.97 Å². The zero-order chi connectivity index (χ0) is 12.8. The third-order valence-corrected chi connectivity index (χ3v) is 3.35. The van der Waals surface area contributed by atoms with Crippen LogP contribution < -0.4 is 11.3 Å². The van der Waals surface area contributed by atoms with Crippen LogP contribution in [0.1, 0.15) is 5.69 Å². The highest BCUT2D eigenvalue weighted by atomic mass is 32.2. The molecule has 6 nitrogen and oxygen atoms in total. The SMILES string of the molecule is COCC(N)C(CO)Sc1nc(C)cc(=O)[nH]1. The molecule has 7 heteroatoms. The van der Waals surface area contributed by atoms with Crippen LogP contribution in [0.4, 0.5) is 0 Å². The van der Waals surface area contributed by atoms with Crippen LogP contribution in [0.15, 0.2) is 16.0 Å². The fraction of sp³-hybridized carbons (Fsp3) is 0.600. The molecule has 0 fully saturated rings. The molecule has 1 heterocycles. The van der Waals surface area contributed by atoms with Gasteiger partial charge in [-0.25, -0.2) is 4.98 Å². The van der Waals surface area contributed by atoms with Gasteiger partial charge in [-0.3, -0.25) is 4.79 Å². The summed E-state index contributed by atoms with van der Waals surface area (Å²) in [5.41, 5.74) is 6.26. The number of hydrogen-bond donors (Lipinski definition) is 3. The molecule has 0 saturated heterocycles. The van der Waals surface area contributed by atoms with E-state index in [0.717, 1.165) is 0 Å². The first kappa shape index (κ1) is 14.2. The Morgan fingerprint density at radius 3 is 2.94 bits per heavy atom. The number of aromatic amines is 1. The van der Waals surface area contributed by atoms with Gasteiger partial charge in [0, 0.05) is 24.9 Å². The average molecular weight is 259 g/mol. The lowest BCUT2D eigenvalue weighted by atomic mass is 10.2. The van der Waals surface area contributed by atoms with Crippen LogP contribution >= 0.6 is 11.8 Å². The van der Waals surface area contributed by atoms with E-state index >= 15 is 0 Å². The molecular weight excluding hydrogens is 242 g/mol. The molecule has 1 aromatic rings. The minimum atomic E-state index is -0.319. The van der Waals surface area contributed by atoms with Gasteiger partial charge in [0.15, 0.2) is 5.16 Å². The predicted molar refractivity (Wildman–Crippen MR) is 66.2 cm³/mol. The van der Waals surface area contributed by atoms with Crippen molar-refractivity contribution < 1.29 is 9.84 Å². The van der Waals surface area contributed by atoms with Crippen molar-refractivity contribution in [2.24, 2.45) is 5.73 Å². The Bertz CT molecular complexity index is 410. The van der Waals surface area contributed by atoms with Gasteiger partial charge in [0.1, 0.15) is 0 Å². The molecule has 0 aliphatic carbocycles. The van der Waals surface area contributed by atoms with Crippen LogP contribution in [0.25, 0.3) is 0 Å². The summed E-state index contributed by atoms with van der Waals surface area (Å²) in [7, 11) is 1.55. The van der Waals surface area contributed by atoms with Crippen molar-refractivity contribution in [2.75, 3.05) is 20.3 Å². The molecule has 0 spiro atoms. The number of rotatable bonds is 6. The van der Waals surface area contributed by atoms with Crippen LogP contribution in [0, 0.1) is 6.92 Å². The number of nitrogens with zero attached hydrogens (tertiary/aromatic N) is 1. The second-order valence-electron chi connectivity index (χ2n) is 3.65. The normalized spacial score (nSPS) is 14.6. The number of hydrogen-bond acceptors (Lipinski definition) is 6. The Labute approximate surface area is 104 Å². The second kappa shape index (κ2) is 6.75. The molecule has 1 rings (SSSR count). The van der Waals surface area contributed by atoms with Gasteiger partial charge in [-0.2, -0.15) is 0 Å². The highest BCUT2D eigenvalue weighted by molar-refractivity contribution is 7.99. The Morgan fingerprint density at radius 2 is 2.41 bits per heavy atom. The summed E-state index contributed by atoms with van der Waals surface area (Å²) in [4.78, 5) is 18.0. The lowest BCUT2D eigenvalue weighted by Gasteiger charge is -2.19. The quantitative estimate of drug-likeness (QED) is 0.470. The molecule has 0 radical (unpaired) electrons. The predicted octanol–water partition coefficient (Wildman–Crippen LogP) is -0.495. The van der Waals surface area contributed by atoms with Crippen molar-refractivity contribution >= 4 is 11.8 Å². The van der Waals surface area contributed by atoms with Crippen molar-refractivity contribution in [3.63, 3.8) is 0 Å². The van der Waals surface area contributed by atoms with Crippen LogP contribution in [0.3, 0.4) is 0 Å². The highest BCUT2D eigenvalue weighted by Gasteiger charge is 2.19. The van der Waals surface area contributed by atoms with Gasteiger partial charge in [0.2, 0.25) is 0 Å². The molecule has 2 unspecified atom stereocenters. The molecule has 0 aliphatic rings. The van der Waals surface area contributed by atoms with E-state index in [1.807, 2.05) is 0 Å². The van der Waals surface area contributed by atoms with E-state index in [-0.39, 0.29) is 23.5 Å². The molecule has 0 bridgehead atoms. The Morgan fingerprint density at radius 1 is 1.71 bits per heavy atom. The molecule has 4 N–H and O–H groups in total. The molecule has 1 aromatic heterocycles. The van der Waals surface area contributed by atoms with Gasteiger partial charge < -0.3 is 20.6 Å². The van der Waals surface area contributed by atoms with Crippen molar-refractivity contribution in [3.05, 3.63) is 22.1 Å². The first-order chi connectivity index (χ1) is 8.06. The third-order valence-electron chi connectivity index (χ3n) is 2.13. The maximum absolute atomic E-state index is 11.2. The number of thioether (sulfide) groups is 1. The highest BCUT2D eigenvalue weighted by Crippen LogP contribution is 2.20. The second-order valence-corrected chi connectivity index (χ2v) is 4.88. The zero-order valence-corrected chi connectivity index (χ0v) is 10.7. The van der Waals surface area contributed by atoms with Crippen LogP contribution in [-0.2, 0) is 4.74 Å². The topological polar surface area (TPSA) is 101 Å². The van der Waals surface area contributed by atoms with Gasteiger partial charge >= 0.3 is 0 Å². The van der Waals surface area contributed by atoms with E-state index < -0.39 is 0 Å². The maximum Gasteiger partial charge on any atom is 0.251 e. The molecule has 96 valence electrons.